The lowest BCUT2D eigenvalue weighted by atomic mass is 9.57. The molecule has 2 aliphatic rings. The minimum Gasteiger partial charge on any atom is -0.0830 e. The molecule has 3 atom stereocenters. The van der Waals surface area contributed by atoms with Gasteiger partial charge in [0.05, 0.1) is 4.86 Å². The maximum absolute atomic E-state index is 5.67. The van der Waals surface area contributed by atoms with Crippen LogP contribution in [0, 0.1) is 23.2 Å². The van der Waals surface area contributed by atoms with Crippen LogP contribution in [-0.2, 0) is 0 Å². The normalized spacial score (nSPS) is 38.1. The van der Waals surface area contributed by atoms with Gasteiger partial charge in [0.2, 0.25) is 0 Å². The molecule has 94 valence electrons. The van der Waals surface area contributed by atoms with Gasteiger partial charge in [-0.2, -0.15) is 0 Å². The van der Waals surface area contributed by atoms with Crippen LogP contribution in [0.4, 0.5) is 0 Å². The van der Waals surface area contributed by atoms with Crippen molar-refractivity contribution < 1.29 is 0 Å². The Labute approximate surface area is 116 Å². The molecule has 0 aromatic heterocycles. The highest BCUT2D eigenvalue weighted by Crippen LogP contribution is 2.50. The molecule has 17 heavy (non-hydrogen) atoms. The van der Waals surface area contributed by atoms with Gasteiger partial charge in [0, 0.05) is 10.8 Å². The molecular weight excluding hydrogens is 244 g/mol. The molecule has 0 aromatic carbocycles. The minimum absolute atomic E-state index is 0.247. The van der Waals surface area contributed by atoms with Crippen LogP contribution in [0.1, 0.15) is 47.0 Å². The number of fused-ring (bicyclic) bond motifs is 1. The first-order valence-electron chi connectivity index (χ1n) is 6.69. The Hall–Kier alpha value is -0.0800. The van der Waals surface area contributed by atoms with Gasteiger partial charge in [-0.25, -0.2) is 0 Å². The summed E-state index contributed by atoms with van der Waals surface area (Å²) < 4.78 is 0. The number of allylic oxidation sites excluding steroid dienone is 2. The van der Waals surface area contributed by atoms with Crippen LogP contribution in [0.15, 0.2) is 11.6 Å². The number of hydrogen-bond acceptors (Lipinski definition) is 2. The molecular formula is C15H22S2. The van der Waals surface area contributed by atoms with Crippen molar-refractivity contribution in [3.63, 3.8) is 0 Å². The monoisotopic (exact) mass is 266 g/mol. The fourth-order valence-electron chi connectivity index (χ4n) is 3.38. The molecule has 0 aromatic rings. The lowest BCUT2D eigenvalue weighted by molar-refractivity contribution is 0.146. The topological polar surface area (TPSA) is 0 Å². The first-order valence-corrected chi connectivity index (χ1v) is 7.51. The molecule has 0 bridgehead atoms. The summed E-state index contributed by atoms with van der Waals surface area (Å²) in [5.74, 6) is 1.72. The van der Waals surface area contributed by atoms with Crippen LogP contribution < -0.4 is 0 Å². The van der Waals surface area contributed by atoms with Crippen LogP contribution in [0.2, 0.25) is 0 Å². The van der Waals surface area contributed by atoms with E-state index in [1.54, 1.807) is 0 Å². The zero-order chi connectivity index (χ0) is 12.8. The highest BCUT2D eigenvalue weighted by molar-refractivity contribution is 7.89. The zero-order valence-corrected chi connectivity index (χ0v) is 12.9. The van der Waals surface area contributed by atoms with Crippen LogP contribution in [0.3, 0.4) is 0 Å². The van der Waals surface area contributed by atoms with E-state index in [0.717, 1.165) is 15.6 Å². The fourth-order valence-corrected chi connectivity index (χ4v) is 4.31. The largest absolute Gasteiger partial charge is 0.0830 e. The van der Waals surface area contributed by atoms with Gasteiger partial charge in [-0.15, -0.1) is 0 Å². The maximum Gasteiger partial charge on any atom is 0.0551 e. The Bertz CT molecular complexity index is 392. The third-order valence-electron chi connectivity index (χ3n) is 4.83. The van der Waals surface area contributed by atoms with Gasteiger partial charge in [0.15, 0.2) is 0 Å². The third kappa shape index (κ3) is 2.04. The van der Waals surface area contributed by atoms with Crippen molar-refractivity contribution in [1.29, 1.82) is 0 Å². The summed E-state index contributed by atoms with van der Waals surface area (Å²) in [6.45, 7) is 9.20. The van der Waals surface area contributed by atoms with Gasteiger partial charge >= 0.3 is 0 Å². The van der Waals surface area contributed by atoms with E-state index in [4.69, 9.17) is 24.4 Å². The lowest BCUT2D eigenvalue weighted by Gasteiger charge is -2.48. The number of thiocarbonyl (C=S) groups is 2. The van der Waals surface area contributed by atoms with E-state index in [1.165, 1.54) is 24.8 Å². The van der Waals surface area contributed by atoms with Crippen LogP contribution >= 0.6 is 24.4 Å². The fraction of sp³-hybridized carbons (Fsp3) is 0.733. The molecule has 1 fully saturated rings. The molecule has 0 aliphatic heterocycles. The Morgan fingerprint density at radius 3 is 2.53 bits per heavy atom. The Morgan fingerprint density at radius 1 is 1.29 bits per heavy atom. The van der Waals surface area contributed by atoms with E-state index in [-0.39, 0.29) is 5.41 Å². The Morgan fingerprint density at radius 2 is 1.94 bits per heavy atom. The van der Waals surface area contributed by atoms with E-state index < -0.39 is 0 Å². The predicted molar refractivity (Wildman–Crippen MR) is 82.7 cm³/mol. The predicted octanol–water partition coefficient (Wildman–Crippen LogP) is 4.76. The second kappa shape index (κ2) is 4.55. The summed E-state index contributed by atoms with van der Waals surface area (Å²) in [4.78, 5) is 2.05. The molecule has 1 saturated carbocycles. The Kier molecular flexibility index (Phi) is 3.57. The molecule has 0 N–H and O–H groups in total. The maximum atomic E-state index is 5.67. The van der Waals surface area contributed by atoms with E-state index in [2.05, 4.69) is 33.8 Å². The first kappa shape index (κ1) is 13.4. The van der Waals surface area contributed by atoms with Crippen LogP contribution in [0.5, 0.6) is 0 Å². The second-order valence-corrected chi connectivity index (χ2v) is 7.05. The molecule has 0 heterocycles. The summed E-state index contributed by atoms with van der Waals surface area (Å²) in [7, 11) is 0. The van der Waals surface area contributed by atoms with E-state index >= 15 is 0 Å². The average Bonchev–Trinajstić information content (AvgIpc) is 2.26. The summed E-state index contributed by atoms with van der Waals surface area (Å²) >= 11 is 11.2. The standard InChI is InChI=1S/C15H22S2/c1-9(2)11-8-15(4)10(3)6-5-7-12(15)14(17)13(11)16/h8-10,12H,5-7H2,1-4H3. The average molecular weight is 266 g/mol. The lowest BCUT2D eigenvalue weighted by Crippen LogP contribution is -2.46. The van der Waals surface area contributed by atoms with E-state index in [9.17, 15) is 0 Å². The molecule has 0 radical (unpaired) electrons. The van der Waals surface area contributed by atoms with Gasteiger partial charge in [-0.05, 0) is 35.7 Å². The summed E-state index contributed by atoms with van der Waals surface area (Å²) in [6.07, 6.45) is 6.31. The minimum atomic E-state index is 0.247. The van der Waals surface area contributed by atoms with Crippen molar-refractivity contribution in [2.24, 2.45) is 23.2 Å². The number of hydrogen-bond donors (Lipinski definition) is 0. The van der Waals surface area contributed by atoms with E-state index in [1.807, 2.05) is 0 Å². The van der Waals surface area contributed by atoms with Crippen LogP contribution in [-0.4, -0.2) is 9.73 Å². The van der Waals surface area contributed by atoms with Gasteiger partial charge in [-0.3, -0.25) is 0 Å². The van der Waals surface area contributed by atoms with E-state index in [0.29, 0.717) is 11.8 Å². The molecule has 0 saturated heterocycles. The summed E-state index contributed by atoms with van der Waals surface area (Å²) in [6, 6.07) is 0. The van der Waals surface area contributed by atoms with Crippen molar-refractivity contribution in [2.75, 3.05) is 0 Å². The van der Waals surface area contributed by atoms with Crippen LogP contribution in [0.25, 0.3) is 0 Å². The molecule has 0 spiro atoms. The highest BCUT2D eigenvalue weighted by Gasteiger charge is 2.46. The smallest absolute Gasteiger partial charge is 0.0551 e. The van der Waals surface area contributed by atoms with Gasteiger partial charge < -0.3 is 0 Å². The molecule has 3 unspecified atom stereocenters. The van der Waals surface area contributed by atoms with Crippen molar-refractivity contribution in [3.8, 4) is 0 Å². The molecule has 0 amide bonds. The summed E-state index contributed by atoms with van der Waals surface area (Å²) in [5, 5.41) is 0. The number of rotatable bonds is 1. The molecule has 2 heteroatoms. The van der Waals surface area contributed by atoms with Gasteiger partial charge in [0.1, 0.15) is 0 Å². The highest BCUT2D eigenvalue weighted by atomic mass is 32.1. The van der Waals surface area contributed by atoms with Crippen molar-refractivity contribution in [2.45, 2.75) is 47.0 Å². The molecule has 2 rings (SSSR count). The van der Waals surface area contributed by atoms with Crippen molar-refractivity contribution in [3.05, 3.63) is 11.6 Å². The SMILES string of the molecule is CC(C)C1=CC2(C)C(C)CCCC2C(=S)C1=S. The quantitative estimate of drug-likeness (QED) is 0.627. The van der Waals surface area contributed by atoms with Gasteiger partial charge in [-0.1, -0.05) is 64.6 Å². The van der Waals surface area contributed by atoms with Gasteiger partial charge in [0.25, 0.3) is 0 Å². The first-order chi connectivity index (χ1) is 7.88. The van der Waals surface area contributed by atoms with Crippen molar-refractivity contribution in [1.82, 2.24) is 0 Å². The Balaban J connectivity index is 2.50. The van der Waals surface area contributed by atoms with Crippen molar-refractivity contribution >= 4 is 34.2 Å². The zero-order valence-electron chi connectivity index (χ0n) is 11.2. The molecule has 0 nitrogen and oxygen atoms in total. The second-order valence-electron chi connectivity index (χ2n) is 6.20. The summed E-state index contributed by atoms with van der Waals surface area (Å²) in [5.41, 5.74) is 1.56. The molecule has 2 aliphatic carbocycles. The third-order valence-corrected chi connectivity index (χ3v) is 5.91.